The van der Waals surface area contributed by atoms with Crippen LogP contribution < -0.4 is 10.1 Å². The first-order chi connectivity index (χ1) is 16.1. The van der Waals surface area contributed by atoms with Crippen LogP contribution in [0.1, 0.15) is 21.7 Å². The molecule has 0 atom stereocenters. The van der Waals surface area contributed by atoms with Gasteiger partial charge in [0.05, 0.1) is 5.69 Å². The number of aryl methyl sites for hydroxylation is 1. The van der Waals surface area contributed by atoms with Crippen molar-refractivity contribution in [2.75, 3.05) is 11.9 Å². The molecule has 0 aliphatic carbocycles. The van der Waals surface area contributed by atoms with Gasteiger partial charge in [-0.25, -0.2) is 0 Å². The van der Waals surface area contributed by atoms with E-state index in [2.05, 4.69) is 5.32 Å². The Hall–Kier alpha value is -4.38. The summed E-state index contributed by atoms with van der Waals surface area (Å²) in [6.07, 6.45) is 0. The number of amides is 1. The van der Waals surface area contributed by atoms with E-state index < -0.39 is 0 Å². The van der Waals surface area contributed by atoms with Crippen molar-refractivity contribution in [1.82, 2.24) is 0 Å². The minimum Gasteiger partial charge on any atom is -0.483 e. The summed E-state index contributed by atoms with van der Waals surface area (Å²) in [5.74, 6) is 0.0405. The minimum absolute atomic E-state index is 0.0959. The van der Waals surface area contributed by atoms with Crippen LogP contribution in [0.25, 0.3) is 21.7 Å². The number of furan rings is 1. The van der Waals surface area contributed by atoms with Gasteiger partial charge < -0.3 is 14.5 Å². The molecule has 5 heteroatoms. The molecule has 162 valence electrons. The van der Waals surface area contributed by atoms with Crippen LogP contribution in [-0.2, 0) is 4.79 Å². The van der Waals surface area contributed by atoms with Crippen LogP contribution >= 0.6 is 0 Å². The zero-order valence-electron chi connectivity index (χ0n) is 18.0. The number of para-hydroxylation sites is 1. The first-order valence-corrected chi connectivity index (χ1v) is 10.6. The molecule has 1 amide bonds. The van der Waals surface area contributed by atoms with Crippen LogP contribution in [0.4, 0.5) is 5.69 Å². The maximum Gasteiger partial charge on any atom is 0.262 e. The number of fused-ring (bicyclic) bond motifs is 2. The summed E-state index contributed by atoms with van der Waals surface area (Å²) in [7, 11) is 0. The molecule has 1 heterocycles. The van der Waals surface area contributed by atoms with Crippen molar-refractivity contribution >= 4 is 39.1 Å². The summed E-state index contributed by atoms with van der Waals surface area (Å²) in [5, 5.41) is 5.45. The SMILES string of the molecule is Cc1ccc(C(=O)c2oc3ccccc3c2NC(=O)COc2cccc3ccccc23)cc1. The van der Waals surface area contributed by atoms with Crippen LogP contribution in [0.3, 0.4) is 0 Å². The quantitative estimate of drug-likeness (QED) is 0.325. The van der Waals surface area contributed by atoms with Gasteiger partial charge in [-0.1, -0.05) is 78.4 Å². The average molecular weight is 435 g/mol. The third-order valence-electron chi connectivity index (χ3n) is 5.49. The summed E-state index contributed by atoms with van der Waals surface area (Å²) in [4.78, 5) is 26.0. The topological polar surface area (TPSA) is 68.5 Å². The number of carbonyl (C=O) groups is 2. The maximum atomic E-state index is 13.2. The van der Waals surface area contributed by atoms with E-state index in [4.69, 9.17) is 9.15 Å². The highest BCUT2D eigenvalue weighted by Gasteiger charge is 2.23. The standard InChI is InChI=1S/C28H21NO4/c1-18-13-15-20(16-14-18)27(31)28-26(22-10-4-5-11-24(22)33-28)29-25(30)17-32-23-12-6-8-19-7-2-3-9-21(19)23/h2-16H,17H2,1H3,(H,29,30). The van der Waals surface area contributed by atoms with Crippen molar-refractivity contribution in [3.8, 4) is 5.75 Å². The van der Waals surface area contributed by atoms with E-state index in [9.17, 15) is 9.59 Å². The molecule has 5 nitrogen and oxygen atoms in total. The molecule has 0 radical (unpaired) electrons. The third-order valence-corrected chi connectivity index (χ3v) is 5.49. The molecule has 33 heavy (non-hydrogen) atoms. The minimum atomic E-state index is -0.382. The van der Waals surface area contributed by atoms with Crippen LogP contribution in [0.5, 0.6) is 5.75 Å². The number of hydrogen-bond donors (Lipinski definition) is 1. The molecular weight excluding hydrogens is 414 g/mol. The number of carbonyl (C=O) groups excluding carboxylic acids is 2. The van der Waals surface area contributed by atoms with Crippen molar-refractivity contribution in [1.29, 1.82) is 0 Å². The zero-order valence-corrected chi connectivity index (χ0v) is 18.0. The fourth-order valence-corrected chi connectivity index (χ4v) is 3.81. The van der Waals surface area contributed by atoms with Gasteiger partial charge >= 0.3 is 0 Å². The van der Waals surface area contributed by atoms with E-state index in [-0.39, 0.29) is 24.1 Å². The number of rotatable bonds is 6. The smallest absolute Gasteiger partial charge is 0.262 e. The molecular formula is C28H21NO4. The highest BCUT2D eigenvalue weighted by atomic mass is 16.5. The van der Waals surface area contributed by atoms with Gasteiger partial charge in [0, 0.05) is 16.3 Å². The molecule has 5 aromatic rings. The number of anilines is 1. The van der Waals surface area contributed by atoms with E-state index >= 15 is 0 Å². The molecule has 0 spiro atoms. The Morgan fingerprint density at radius 3 is 2.33 bits per heavy atom. The van der Waals surface area contributed by atoms with Crippen molar-refractivity contribution in [3.63, 3.8) is 0 Å². The summed E-state index contributed by atoms with van der Waals surface area (Å²) < 4.78 is 11.7. The van der Waals surface area contributed by atoms with Gasteiger partial charge in [0.15, 0.2) is 12.4 Å². The van der Waals surface area contributed by atoms with E-state index in [1.54, 1.807) is 18.2 Å². The third kappa shape index (κ3) is 4.08. The Balaban J connectivity index is 1.42. The molecule has 4 aromatic carbocycles. The van der Waals surface area contributed by atoms with E-state index in [0.29, 0.717) is 28.0 Å². The second-order valence-electron chi connectivity index (χ2n) is 7.81. The van der Waals surface area contributed by atoms with E-state index in [1.165, 1.54) is 0 Å². The van der Waals surface area contributed by atoms with Gasteiger partial charge in [0.2, 0.25) is 5.78 Å². The number of benzene rings is 4. The summed E-state index contributed by atoms with van der Waals surface area (Å²) in [6, 6.07) is 28.0. The second-order valence-corrected chi connectivity index (χ2v) is 7.81. The Labute approximate surface area is 190 Å². The highest BCUT2D eigenvalue weighted by molar-refractivity contribution is 6.17. The van der Waals surface area contributed by atoms with Gasteiger partial charge in [0.25, 0.3) is 5.91 Å². The number of hydrogen-bond acceptors (Lipinski definition) is 4. The fraction of sp³-hybridized carbons (Fsp3) is 0.0714. The normalized spacial score (nSPS) is 10.9. The van der Waals surface area contributed by atoms with Crippen LogP contribution in [0, 0.1) is 6.92 Å². The lowest BCUT2D eigenvalue weighted by molar-refractivity contribution is -0.118. The number of nitrogens with one attached hydrogen (secondary N) is 1. The molecule has 0 unspecified atom stereocenters. The van der Waals surface area contributed by atoms with Gasteiger partial charge in [0.1, 0.15) is 11.3 Å². The lowest BCUT2D eigenvalue weighted by Crippen LogP contribution is -2.21. The Kier molecular flexibility index (Phi) is 5.37. The molecule has 5 rings (SSSR count). The Bertz CT molecular complexity index is 1480. The largest absolute Gasteiger partial charge is 0.483 e. The van der Waals surface area contributed by atoms with Crippen LogP contribution in [-0.4, -0.2) is 18.3 Å². The van der Waals surface area contributed by atoms with Gasteiger partial charge in [-0.3, -0.25) is 9.59 Å². The summed E-state index contributed by atoms with van der Waals surface area (Å²) in [5.41, 5.74) is 2.42. The van der Waals surface area contributed by atoms with Crippen molar-refractivity contribution in [3.05, 3.63) is 108 Å². The molecule has 0 saturated heterocycles. The van der Waals surface area contributed by atoms with Crippen molar-refractivity contribution in [2.24, 2.45) is 0 Å². The highest BCUT2D eigenvalue weighted by Crippen LogP contribution is 2.33. The van der Waals surface area contributed by atoms with E-state index in [1.807, 2.05) is 79.7 Å². The Morgan fingerprint density at radius 1 is 0.818 bits per heavy atom. The zero-order chi connectivity index (χ0) is 22.8. The molecule has 0 fully saturated rings. The van der Waals surface area contributed by atoms with Crippen molar-refractivity contribution < 1.29 is 18.7 Å². The first-order valence-electron chi connectivity index (χ1n) is 10.6. The number of ether oxygens (including phenoxy) is 1. The van der Waals surface area contributed by atoms with Crippen molar-refractivity contribution in [2.45, 2.75) is 6.92 Å². The summed E-state index contributed by atoms with van der Waals surface area (Å²) >= 11 is 0. The summed E-state index contributed by atoms with van der Waals surface area (Å²) in [6.45, 7) is 1.75. The van der Waals surface area contributed by atoms with E-state index in [0.717, 1.165) is 16.3 Å². The molecule has 0 aliphatic rings. The lowest BCUT2D eigenvalue weighted by Gasteiger charge is -2.10. The molecule has 1 N–H and O–H groups in total. The van der Waals surface area contributed by atoms with Crippen LogP contribution in [0.15, 0.2) is 95.4 Å². The monoisotopic (exact) mass is 435 g/mol. The molecule has 0 saturated carbocycles. The van der Waals surface area contributed by atoms with Gasteiger partial charge in [-0.2, -0.15) is 0 Å². The second kappa shape index (κ2) is 8.63. The first kappa shape index (κ1) is 20.5. The molecule has 0 aliphatic heterocycles. The maximum absolute atomic E-state index is 13.2. The fourth-order valence-electron chi connectivity index (χ4n) is 3.81. The lowest BCUT2D eigenvalue weighted by atomic mass is 10.1. The predicted octanol–water partition coefficient (Wildman–Crippen LogP) is 6.14. The van der Waals surface area contributed by atoms with Gasteiger partial charge in [-0.05, 0) is 30.5 Å². The number of ketones is 1. The van der Waals surface area contributed by atoms with Crippen LogP contribution in [0.2, 0.25) is 0 Å². The van der Waals surface area contributed by atoms with Gasteiger partial charge in [-0.15, -0.1) is 0 Å². The molecule has 0 bridgehead atoms. The molecule has 1 aromatic heterocycles. The average Bonchev–Trinajstić information content (AvgIpc) is 3.21. The Morgan fingerprint density at radius 2 is 1.52 bits per heavy atom. The predicted molar refractivity (Wildman–Crippen MR) is 129 cm³/mol.